The van der Waals surface area contributed by atoms with E-state index in [0.717, 1.165) is 12.2 Å². The van der Waals surface area contributed by atoms with E-state index >= 15 is 0 Å². The fourth-order valence-electron chi connectivity index (χ4n) is 1.92. The Kier molecular flexibility index (Phi) is 5.40. The number of unbranched alkanes of at least 4 members (excludes halogenated alkanes) is 1. The van der Waals surface area contributed by atoms with Crippen molar-refractivity contribution in [3.05, 3.63) is 29.3 Å². The Morgan fingerprint density at radius 1 is 1.26 bits per heavy atom. The topological polar surface area (TPSA) is 46.5 Å². The zero-order valence-corrected chi connectivity index (χ0v) is 12.3. The second-order valence-corrected chi connectivity index (χ2v) is 5.95. The molecule has 1 rings (SSSR count). The minimum absolute atomic E-state index is 0.0441. The van der Waals surface area contributed by atoms with Gasteiger partial charge in [-0.05, 0) is 36.8 Å². The van der Waals surface area contributed by atoms with Gasteiger partial charge >= 0.3 is 5.97 Å². The van der Waals surface area contributed by atoms with Crippen LogP contribution < -0.4 is 4.74 Å². The zero-order valence-electron chi connectivity index (χ0n) is 12.3. The fourth-order valence-corrected chi connectivity index (χ4v) is 1.92. The molecular formula is C16H24O3. The van der Waals surface area contributed by atoms with E-state index in [1.54, 1.807) is 0 Å². The predicted molar refractivity (Wildman–Crippen MR) is 76.9 cm³/mol. The van der Waals surface area contributed by atoms with Crippen LogP contribution in [0.15, 0.2) is 18.2 Å². The molecule has 19 heavy (non-hydrogen) atoms. The first kappa shape index (κ1) is 15.5. The summed E-state index contributed by atoms with van der Waals surface area (Å²) in [5.41, 5.74) is 2.47. The number of hydrogen-bond donors (Lipinski definition) is 1. The van der Waals surface area contributed by atoms with Gasteiger partial charge in [-0.2, -0.15) is 0 Å². The Balaban J connectivity index is 2.61. The average molecular weight is 264 g/mol. The van der Waals surface area contributed by atoms with Crippen LogP contribution in [-0.4, -0.2) is 17.7 Å². The van der Waals surface area contributed by atoms with Crippen molar-refractivity contribution in [2.45, 2.75) is 52.4 Å². The Morgan fingerprint density at radius 3 is 2.53 bits per heavy atom. The van der Waals surface area contributed by atoms with Gasteiger partial charge in [0.25, 0.3) is 0 Å². The van der Waals surface area contributed by atoms with Gasteiger partial charge in [-0.3, -0.25) is 4.79 Å². The van der Waals surface area contributed by atoms with Crippen molar-refractivity contribution in [3.8, 4) is 5.75 Å². The summed E-state index contributed by atoms with van der Waals surface area (Å²) in [5.74, 6) is 0.166. The van der Waals surface area contributed by atoms with Crippen molar-refractivity contribution in [2.75, 3.05) is 6.61 Å². The SMILES string of the molecule is Cc1ccc(OCCCCC(=O)O)c(C(C)(C)C)c1. The monoisotopic (exact) mass is 264 g/mol. The molecule has 0 aliphatic rings. The maximum absolute atomic E-state index is 10.4. The number of carbonyl (C=O) groups is 1. The lowest BCUT2D eigenvalue weighted by Gasteiger charge is -2.23. The maximum atomic E-state index is 10.4. The Bertz CT molecular complexity index is 430. The number of rotatable bonds is 6. The summed E-state index contributed by atoms with van der Waals surface area (Å²) in [5, 5.41) is 8.57. The summed E-state index contributed by atoms with van der Waals surface area (Å²) in [7, 11) is 0. The van der Waals surface area contributed by atoms with Gasteiger partial charge in [0.1, 0.15) is 5.75 Å². The van der Waals surface area contributed by atoms with Gasteiger partial charge in [-0.1, -0.05) is 38.5 Å². The van der Waals surface area contributed by atoms with Crippen molar-refractivity contribution < 1.29 is 14.6 Å². The predicted octanol–water partition coefficient (Wildman–Crippen LogP) is 3.93. The van der Waals surface area contributed by atoms with E-state index in [0.29, 0.717) is 13.0 Å². The Morgan fingerprint density at radius 2 is 1.95 bits per heavy atom. The second-order valence-electron chi connectivity index (χ2n) is 5.95. The molecule has 1 aromatic carbocycles. The number of hydrogen-bond acceptors (Lipinski definition) is 2. The zero-order chi connectivity index (χ0) is 14.5. The molecule has 1 N–H and O–H groups in total. The molecule has 0 aliphatic heterocycles. The normalized spacial score (nSPS) is 11.4. The highest BCUT2D eigenvalue weighted by molar-refractivity contribution is 5.66. The molecule has 3 heteroatoms. The van der Waals surface area contributed by atoms with Crippen LogP contribution in [0.4, 0.5) is 0 Å². The number of aliphatic carboxylic acids is 1. The van der Waals surface area contributed by atoms with Crippen LogP contribution in [0.5, 0.6) is 5.75 Å². The number of carboxylic acid groups (broad SMARTS) is 1. The van der Waals surface area contributed by atoms with Crippen LogP contribution in [0.3, 0.4) is 0 Å². The summed E-state index contributed by atoms with van der Waals surface area (Å²) in [4.78, 5) is 10.4. The Labute approximate surface area is 115 Å². The van der Waals surface area contributed by atoms with Gasteiger partial charge in [0.15, 0.2) is 0 Å². The lowest BCUT2D eigenvalue weighted by Crippen LogP contribution is -2.14. The van der Waals surface area contributed by atoms with E-state index in [9.17, 15) is 4.79 Å². The smallest absolute Gasteiger partial charge is 0.303 e. The molecule has 0 aromatic heterocycles. The van der Waals surface area contributed by atoms with Crippen LogP contribution in [0.25, 0.3) is 0 Å². The summed E-state index contributed by atoms with van der Waals surface area (Å²) >= 11 is 0. The van der Waals surface area contributed by atoms with Crippen molar-refractivity contribution in [1.82, 2.24) is 0 Å². The van der Waals surface area contributed by atoms with E-state index in [4.69, 9.17) is 9.84 Å². The van der Waals surface area contributed by atoms with Crippen molar-refractivity contribution in [3.63, 3.8) is 0 Å². The van der Waals surface area contributed by atoms with Crippen LogP contribution in [0.2, 0.25) is 0 Å². The van der Waals surface area contributed by atoms with Gasteiger partial charge in [0.2, 0.25) is 0 Å². The van der Waals surface area contributed by atoms with Crippen LogP contribution in [0.1, 0.15) is 51.2 Å². The highest BCUT2D eigenvalue weighted by Crippen LogP contribution is 2.32. The van der Waals surface area contributed by atoms with Gasteiger partial charge in [-0.15, -0.1) is 0 Å². The van der Waals surface area contributed by atoms with Gasteiger partial charge in [-0.25, -0.2) is 0 Å². The lowest BCUT2D eigenvalue weighted by atomic mass is 9.85. The molecular weight excluding hydrogens is 240 g/mol. The summed E-state index contributed by atoms with van der Waals surface area (Å²) in [6, 6.07) is 6.21. The average Bonchev–Trinajstić information content (AvgIpc) is 2.28. The largest absolute Gasteiger partial charge is 0.493 e. The van der Waals surface area contributed by atoms with Gasteiger partial charge in [0, 0.05) is 6.42 Å². The van der Waals surface area contributed by atoms with Crippen molar-refractivity contribution >= 4 is 5.97 Å². The van der Waals surface area contributed by atoms with E-state index in [-0.39, 0.29) is 11.8 Å². The lowest BCUT2D eigenvalue weighted by molar-refractivity contribution is -0.137. The fraction of sp³-hybridized carbons (Fsp3) is 0.562. The molecule has 0 radical (unpaired) electrons. The van der Waals surface area contributed by atoms with Crippen LogP contribution >= 0.6 is 0 Å². The summed E-state index contributed by atoms with van der Waals surface area (Å²) < 4.78 is 5.81. The van der Waals surface area contributed by atoms with Crippen molar-refractivity contribution in [2.24, 2.45) is 0 Å². The van der Waals surface area contributed by atoms with E-state index in [2.05, 4.69) is 33.8 Å². The number of ether oxygens (including phenoxy) is 1. The van der Waals surface area contributed by atoms with E-state index in [1.165, 1.54) is 11.1 Å². The second kappa shape index (κ2) is 6.60. The molecule has 0 amide bonds. The van der Waals surface area contributed by atoms with Gasteiger partial charge < -0.3 is 9.84 Å². The van der Waals surface area contributed by atoms with Crippen molar-refractivity contribution in [1.29, 1.82) is 0 Å². The number of carboxylic acids is 1. The first-order valence-corrected chi connectivity index (χ1v) is 6.76. The number of benzene rings is 1. The van der Waals surface area contributed by atoms with E-state index in [1.807, 2.05) is 12.1 Å². The molecule has 1 aromatic rings. The molecule has 0 heterocycles. The quantitative estimate of drug-likeness (QED) is 0.792. The minimum atomic E-state index is -0.745. The molecule has 0 saturated carbocycles. The molecule has 0 saturated heterocycles. The maximum Gasteiger partial charge on any atom is 0.303 e. The third-order valence-corrected chi connectivity index (χ3v) is 2.99. The minimum Gasteiger partial charge on any atom is -0.493 e. The number of aryl methyl sites for hydroxylation is 1. The summed E-state index contributed by atoms with van der Waals surface area (Å²) in [6.45, 7) is 9.14. The third-order valence-electron chi connectivity index (χ3n) is 2.99. The molecule has 0 aliphatic carbocycles. The third kappa shape index (κ3) is 5.33. The Hall–Kier alpha value is -1.51. The van der Waals surface area contributed by atoms with Gasteiger partial charge in [0.05, 0.1) is 6.61 Å². The molecule has 0 fully saturated rings. The molecule has 3 nitrogen and oxygen atoms in total. The van der Waals surface area contributed by atoms with E-state index < -0.39 is 5.97 Å². The molecule has 0 unspecified atom stereocenters. The first-order valence-electron chi connectivity index (χ1n) is 6.76. The first-order chi connectivity index (χ1) is 8.80. The standard InChI is InChI=1S/C16H24O3/c1-12-8-9-14(13(11-12)16(2,3)4)19-10-6-5-7-15(17)18/h8-9,11H,5-7,10H2,1-4H3,(H,17,18). The van der Waals surface area contributed by atoms with Crippen LogP contribution in [0, 0.1) is 6.92 Å². The highest BCUT2D eigenvalue weighted by Gasteiger charge is 2.19. The van der Waals surface area contributed by atoms with Crippen LogP contribution in [-0.2, 0) is 10.2 Å². The molecule has 0 atom stereocenters. The summed E-state index contributed by atoms with van der Waals surface area (Å²) in [6.07, 6.45) is 1.64. The molecule has 0 spiro atoms. The molecule has 0 bridgehead atoms. The highest BCUT2D eigenvalue weighted by atomic mass is 16.5. The molecule has 106 valence electrons.